The minimum Gasteiger partial charge on any atom is -0.494 e. The van der Waals surface area contributed by atoms with Gasteiger partial charge in [0, 0.05) is 0 Å². The molecule has 1 N–H and O–H groups in total. The summed E-state index contributed by atoms with van der Waals surface area (Å²) >= 11 is 11.9. The van der Waals surface area contributed by atoms with E-state index in [2.05, 4.69) is 5.32 Å². The van der Waals surface area contributed by atoms with Crippen LogP contribution in [0.1, 0.15) is 12.5 Å². The highest BCUT2D eigenvalue weighted by Gasteiger charge is 2.12. The molecule has 0 aliphatic carbocycles. The van der Waals surface area contributed by atoms with Crippen LogP contribution < -0.4 is 10.1 Å². The summed E-state index contributed by atoms with van der Waals surface area (Å²) in [6.07, 6.45) is 1.49. The lowest BCUT2D eigenvalue weighted by Gasteiger charge is -2.07. The standard InChI is InChI=1S/C18H14Cl2N2O2/c1-2-24-14-8-6-12(7-9-14)10-13(11-21)18(23)22-16-5-3-4-15(19)17(16)20/h3-10H,2H2,1H3,(H,22,23)/b13-10+. The molecular formula is C18H14Cl2N2O2. The van der Waals surface area contributed by atoms with E-state index in [1.807, 2.05) is 13.0 Å². The Bertz CT molecular complexity index is 809. The minimum absolute atomic E-state index is 0.0461. The molecule has 0 aliphatic rings. The number of carbonyl (C=O) groups is 1. The number of nitrogens with zero attached hydrogens (tertiary/aromatic N) is 1. The second-order valence-corrected chi connectivity index (χ2v) is 5.51. The van der Waals surface area contributed by atoms with Gasteiger partial charge >= 0.3 is 0 Å². The fourth-order valence-corrected chi connectivity index (χ4v) is 2.28. The maximum Gasteiger partial charge on any atom is 0.266 e. The van der Waals surface area contributed by atoms with E-state index in [1.165, 1.54) is 6.08 Å². The molecule has 4 nitrogen and oxygen atoms in total. The number of hydrogen-bond donors (Lipinski definition) is 1. The summed E-state index contributed by atoms with van der Waals surface area (Å²) in [5, 5.41) is 12.4. The molecule has 0 unspecified atom stereocenters. The Morgan fingerprint density at radius 2 is 1.96 bits per heavy atom. The molecule has 0 atom stereocenters. The van der Waals surface area contributed by atoms with E-state index in [-0.39, 0.29) is 10.6 Å². The van der Waals surface area contributed by atoms with Crippen molar-refractivity contribution in [2.24, 2.45) is 0 Å². The first-order valence-electron chi connectivity index (χ1n) is 7.15. The van der Waals surface area contributed by atoms with Crippen LogP contribution in [0.3, 0.4) is 0 Å². The molecule has 2 aromatic carbocycles. The highest BCUT2D eigenvalue weighted by Crippen LogP contribution is 2.29. The van der Waals surface area contributed by atoms with Crippen LogP contribution >= 0.6 is 23.2 Å². The predicted octanol–water partition coefficient (Wildman–Crippen LogP) is 4.94. The van der Waals surface area contributed by atoms with E-state index in [9.17, 15) is 10.1 Å². The van der Waals surface area contributed by atoms with Gasteiger partial charge in [0.1, 0.15) is 17.4 Å². The maximum atomic E-state index is 12.3. The van der Waals surface area contributed by atoms with Gasteiger partial charge in [-0.1, -0.05) is 41.4 Å². The van der Waals surface area contributed by atoms with Crippen molar-refractivity contribution in [1.82, 2.24) is 0 Å². The Labute approximate surface area is 150 Å². The third kappa shape index (κ3) is 4.51. The minimum atomic E-state index is -0.560. The van der Waals surface area contributed by atoms with Gasteiger partial charge in [0.05, 0.1) is 22.3 Å². The molecule has 0 aliphatic heterocycles. The summed E-state index contributed by atoms with van der Waals surface area (Å²) in [5.74, 6) is 0.166. The van der Waals surface area contributed by atoms with Gasteiger partial charge in [-0.25, -0.2) is 0 Å². The monoisotopic (exact) mass is 360 g/mol. The Morgan fingerprint density at radius 3 is 2.58 bits per heavy atom. The van der Waals surface area contributed by atoms with Gasteiger partial charge in [-0.2, -0.15) is 5.26 Å². The highest BCUT2D eigenvalue weighted by molar-refractivity contribution is 6.44. The number of nitriles is 1. The Kier molecular flexibility index (Phi) is 6.25. The fraction of sp³-hybridized carbons (Fsp3) is 0.111. The van der Waals surface area contributed by atoms with Crippen LogP contribution in [0.2, 0.25) is 10.0 Å². The highest BCUT2D eigenvalue weighted by atomic mass is 35.5. The topological polar surface area (TPSA) is 62.1 Å². The fourth-order valence-electron chi connectivity index (χ4n) is 1.93. The summed E-state index contributed by atoms with van der Waals surface area (Å²) in [4.78, 5) is 12.3. The van der Waals surface area contributed by atoms with E-state index in [0.717, 1.165) is 5.75 Å². The van der Waals surface area contributed by atoms with Crippen LogP contribution in [-0.4, -0.2) is 12.5 Å². The Morgan fingerprint density at radius 1 is 1.25 bits per heavy atom. The number of hydrogen-bond acceptors (Lipinski definition) is 3. The van der Waals surface area contributed by atoms with Crippen molar-refractivity contribution in [3.63, 3.8) is 0 Å². The molecule has 0 fully saturated rings. The average Bonchev–Trinajstić information content (AvgIpc) is 2.58. The van der Waals surface area contributed by atoms with Crippen LogP contribution in [0, 0.1) is 11.3 Å². The Hall–Kier alpha value is -2.48. The predicted molar refractivity (Wildman–Crippen MR) is 96.3 cm³/mol. The van der Waals surface area contributed by atoms with E-state index < -0.39 is 5.91 Å². The number of amides is 1. The zero-order valence-electron chi connectivity index (χ0n) is 12.8. The lowest BCUT2D eigenvalue weighted by atomic mass is 10.1. The molecule has 0 aromatic heterocycles. The first-order valence-corrected chi connectivity index (χ1v) is 7.90. The normalized spacial score (nSPS) is 10.8. The average molecular weight is 361 g/mol. The number of benzene rings is 2. The third-order valence-electron chi connectivity index (χ3n) is 3.07. The van der Waals surface area contributed by atoms with Crippen LogP contribution in [0.5, 0.6) is 5.75 Å². The molecule has 0 spiro atoms. The van der Waals surface area contributed by atoms with E-state index in [4.69, 9.17) is 27.9 Å². The van der Waals surface area contributed by atoms with Gasteiger partial charge in [-0.3, -0.25) is 4.79 Å². The van der Waals surface area contributed by atoms with Crippen LogP contribution in [0.15, 0.2) is 48.0 Å². The lowest BCUT2D eigenvalue weighted by Crippen LogP contribution is -2.13. The first kappa shape index (κ1) is 17.9. The third-order valence-corrected chi connectivity index (χ3v) is 3.89. The summed E-state index contributed by atoms with van der Waals surface area (Å²) in [6.45, 7) is 2.47. The smallest absolute Gasteiger partial charge is 0.266 e. The largest absolute Gasteiger partial charge is 0.494 e. The van der Waals surface area contributed by atoms with Crippen molar-refractivity contribution in [2.75, 3.05) is 11.9 Å². The van der Waals surface area contributed by atoms with Crippen molar-refractivity contribution in [2.45, 2.75) is 6.92 Å². The molecular weight excluding hydrogens is 347 g/mol. The summed E-state index contributed by atoms with van der Waals surface area (Å²) < 4.78 is 5.35. The molecule has 0 saturated heterocycles. The lowest BCUT2D eigenvalue weighted by molar-refractivity contribution is -0.112. The van der Waals surface area contributed by atoms with Gasteiger partial charge in [-0.15, -0.1) is 0 Å². The number of anilines is 1. The molecule has 122 valence electrons. The molecule has 2 rings (SSSR count). The number of nitrogens with one attached hydrogen (secondary N) is 1. The number of carbonyl (C=O) groups excluding carboxylic acids is 1. The zero-order valence-corrected chi connectivity index (χ0v) is 14.4. The molecule has 2 aromatic rings. The van der Waals surface area contributed by atoms with Crippen molar-refractivity contribution in [1.29, 1.82) is 5.26 Å². The van der Waals surface area contributed by atoms with Crippen molar-refractivity contribution >= 4 is 40.9 Å². The Balaban J connectivity index is 2.19. The summed E-state index contributed by atoms with van der Waals surface area (Å²) in [6, 6.07) is 13.8. The molecule has 0 saturated carbocycles. The van der Waals surface area contributed by atoms with E-state index in [1.54, 1.807) is 42.5 Å². The van der Waals surface area contributed by atoms with Gasteiger partial charge < -0.3 is 10.1 Å². The molecule has 6 heteroatoms. The second kappa shape index (κ2) is 8.39. The van der Waals surface area contributed by atoms with Crippen LogP contribution in [0.25, 0.3) is 6.08 Å². The van der Waals surface area contributed by atoms with Crippen molar-refractivity contribution in [3.05, 3.63) is 63.6 Å². The van der Waals surface area contributed by atoms with E-state index in [0.29, 0.717) is 22.9 Å². The van der Waals surface area contributed by atoms with Crippen LogP contribution in [0.4, 0.5) is 5.69 Å². The second-order valence-electron chi connectivity index (χ2n) is 4.73. The molecule has 0 bridgehead atoms. The van der Waals surface area contributed by atoms with E-state index >= 15 is 0 Å². The number of rotatable bonds is 5. The number of halogens is 2. The summed E-state index contributed by atoms with van der Waals surface area (Å²) in [7, 11) is 0. The SMILES string of the molecule is CCOc1ccc(/C=C(\C#N)C(=O)Nc2cccc(Cl)c2Cl)cc1. The van der Waals surface area contributed by atoms with Crippen LogP contribution in [-0.2, 0) is 4.79 Å². The summed E-state index contributed by atoms with van der Waals surface area (Å²) in [5.41, 5.74) is 1.01. The van der Waals surface area contributed by atoms with Crippen molar-refractivity contribution < 1.29 is 9.53 Å². The van der Waals surface area contributed by atoms with Gasteiger partial charge in [0.15, 0.2) is 0 Å². The quantitative estimate of drug-likeness (QED) is 0.606. The zero-order chi connectivity index (χ0) is 17.5. The maximum absolute atomic E-state index is 12.3. The molecule has 1 amide bonds. The van der Waals surface area contributed by atoms with Gasteiger partial charge in [0.25, 0.3) is 5.91 Å². The molecule has 0 heterocycles. The first-order chi connectivity index (χ1) is 11.5. The molecule has 0 radical (unpaired) electrons. The number of ether oxygens (including phenoxy) is 1. The van der Waals surface area contributed by atoms with Crippen molar-refractivity contribution in [3.8, 4) is 11.8 Å². The molecule has 24 heavy (non-hydrogen) atoms. The van der Waals surface area contributed by atoms with Gasteiger partial charge in [-0.05, 0) is 42.8 Å². The van der Waals surface area contributed by atoms with Gasteiger partial charge in [0.2, 0.25) is 0 Å².